The van der Waals surface area contributed by atoms with Crippen LogP contribution in [0.2, 0.25) is 0 Å². The second-order valence-corrected chi connectivity index (χ2v) is 8.23. The molecule has 0 atom stereocenters. The van der Waals surface area contributed by atoms with Crippen molar-refractivity contribution in [1.82, 2.24) is 4.31 Å². The number of aromatic carboxylic acids is 1. The molecule has 1 heterocycles. The van der Waals surface area contributed by atoms with E-state index in [1.807, 2.05) is 30.3 Å². The second kappa shape index (κ2) is 6.90. The highest BCUT2D eigenvalue weighted by Crippen LogP contribution is 2.36. The van der Waals surface area contributed by atoms with Gasteiger partial charge in [0.05, 0.1) is 21.9 Å². The first kappa shape index (κ1) is 18.1. The smallest absolute Gasteiger partial charge is 0.335 e. The van der Waals surface area contributed by atoms with Gasteiger partial charge in [-0.25, -0.2) is 13.2 Å². The Labute approximate surface area is 152 Å². The SMILES string of the molecule is N#CC1(c2ccccc2)CCN(S(=O)(=O)c2ccc(C(=O)O)cc2)CC1. The molecular weight excluding hydrogens is 352 g/mol. The predicted molar refractivity (Wildman–Crippen MR) is 95.1 cm³/mol. The van der Waals surface area contributed by atoms with E-state index in [1.54, 1.807) is 0 Å². The van der Waals surface area contributed by atoms with Crippen molar-refractivity contribution in [2.24, 2.45) is 0 Å². The summed E-state index contributed by atoms with van der Waals surface area (Å²) in [7, 11) is -3.71. The van der Waals surface area contributed by atoms with Gasteiger partial charge in [-0.05, 0) is 42.7 Å². The van der Waals surface area contributed by atoms with E-state index in [1.165, 1.54) is 28.6 Å². The van der Waals surface area contributed by atoms with E-state index >= 15 is 0 Å². The molecule has 7 heteroatoms. The molecule has 1 fully saturated rings. The van der Waals surface area contributed by atoms with Crippen LogP contribution in [-0.2, 0) is 15.4 Å². The lowest BCUT2D eigenvalue weighted by atomic mass is 9.74. The second-order valence-electron chi connectivity index (χ2n) is 6.29. The molecule has 1 aliphatic rings. The maximum atomic E-state index is 12.8. The largest absolute Gasteiger partial charge is 0.478 e. The molecule has 26 heavy (non-hydrogen) atoms. The van der Waals surface area contributed by atoms with Crippen molar-refractivity contribution in [2.45, 2.75) is 23.2 Å². The number of hydrogen-bond donors (Lipinski definition) is 1. The maximum Gasteiger partial charge on any atom is 0.335 e. The van der Waals surface area contributed by atoms with Crippen LogP contribution in [0, 0.1) is 11.3 Å². The normalized spacial score (nSPS) is 17.3. The van der Waals surface area contributed by atoms with Crippen molar-refractivity contribution in [3.63, 3.8) is 0 Å². The maximum absolute atomic E-state index is 12.8. The van der Waals surface area contributed by atoms with E-state index in [0.29, 0.717) is 12.8 Å². The Hall–Kier alpha value is -2.69. The summed E-state index contributed by atoms with van der Waals surface area (Å²) in [4.78, 5) is 11.0. The molecule has 0 saturated carbocycles. The van der Waals surface area contributed by atoms with E-state index in [-0.39, 0.29) is 23.5 Å². The van der Waals surface area contributed by atoms with E-state index in [4.69, 9.17) is 5.11 Å². The Morgan fingerprint density at radius 2 is 1.62 bits per heavy atom. The van der Waals surface area contributed by atoms with Gasteiger partial charge in [-0.3, -0.25) is 0 Å². The van der Waals surface area contributed by atoms with E-state index in [0.717, 1.165) is 5.56 Å². The number of piperidine rings is 1. The molecule has 1 aliphatic heterocycles. The summed E-state index contributed by atoms with van der Waals surface area (Å²) >= 11 is 0. The first-order valence-electron chi connectivity index (χ1n) is 8.19. The number of benzene rings is 2. The number of carboxylic acid groups (broad SMARTS) is 1. The van der Waals surface area contributed by atoms with Gasteiger partial charge in [0.25, 0.3) is 0 Å². The summed E-state index contributed by atoms with van der Waals surface area (Å²) in [6.07, 6.45) is 0.833. The van der Waals surface area contributed by atoms with Crippen LogP contribution < -0.4 is 0 Å². The number of carboxylic acids is 1. The summed E-state index contributed by atoms with van der Waals surface area (Å²) in [5, 5.41) is 18.6. The fraction of sp³-hybridized carbons (Fsp3) is 0.263. The van der Waals surface area contributed by atoms with Gasteiger partial charge in [0.1, 0.15) is 0 Å². The fourth-order valence-electron chi connectivity index (χ4n) is 3.25. The van der Waals surface area contributed by atoms with Gasteiger partial charge in [0.15, 0.2) is 0 Å². The summed E-state index contributed by atoms with van der Waals surface area (Å²) in [5.41, 5.74) is 0.265. The van der Waals surface area contributed by atoms with E-state index < -0.39 is 21.4 Å². The van der Waals surface area contributed by atoms with Crippen LogP contribution in [0.25, 0.3) is 0 Å². The Morgan fingerprint density at radius 3 is 2.12 bits per heavy atom. The standard InChI is InChI=1S/C19H18N2O4S/c20-14-19(16-4-2-1-3-5-16)10-12-21(13-11-19)26(24,25)17-8-6-15(7-9-17)18(22)23/h1-9H,10-13H2,(H,22,23). The van der Waals surface area contributed by atoms with Crippen molar-refractivity contribution in [3.05, 3.63) is 65.7 Å². The van der Waals surface area contributed by atoms with Crippen molar-refractivity contribution >= 4 is 16.0 Å². The van der Waals surface area contributed by atoms with Gasteiger partial charge in [0, 0.05) is 13.1 Å². The van der Waals surface area contributed by atoms with Gasteiger partial charge in [-0.15, -0.1) is 0 Å². The fourth-order valence-corrected chi connectivity index (χ4v) is 4.69. The number of carbonyl (C=O) groups is 1. The highest BCUT2D eigenvalue weighted by Gasteiger charge is 2.40. The minimum absolute atomic E-state index is 0.0372. The van der Waals surface area contributed by atoms with Crippen LogP contribution in [0.4, 0.5) is 0 Å². The number of hydrogen-bond acceptors (Lipinski definition) is 4. The Bertz CT molecular complexity index is 939. The molecule has 0 aliphatic carbocycles. The number of nitriles is 1. The van der Waals surface area contributed by atoms with E-state index in [2.05, 4.69) is 6.07 Å². The molecular formula is C19H18N2O4S. The van der Waals surface area contributed by atoms with Gasteiger partial charge >= 0.3 is 5.97 Å². The zero-order chi connectivity index (χ0) is 18.8. The third-order valence-electron chi connectivity index (χ3n) is 4.86. The summed E-state index contributed by atoms with van der Waals surface area (Å²) in [5.74, 6) is -1.10. The highest BCUT2D eigenvalue weighted by molar-refractivity contribution is 7.89. The first-order chi connectivity index (χ1) is 12.4. The molecule has 6 nitrogen and oxygen atoms in total. The topological polar surface area (TPSA) is 98.5 Å². The van der Waals surface area contributed by atoms with Crippen LogP contribution in [0.3, 0.4) is 0 Å². The number of sulfonamides is 1. The Balaban J connectivity index is 1.80. The summed E-state index contributed by atoms with van der Waals surface area (Å²) < 4.78 is 27.0. The molecule has 0 bridgehead atoms. The monoisotopic (exact) mass is 370 g/mol. The molecule has 0 amide bonds. The lowest BCUT2D eigenvalue weighted by Gasteiger charge is -2.36. The molecule has 2 aromatic carbocycles. The third-order valence-corrected chi connectivity index (χ3v) is 6.77. The molecule has 0 unspecified atom stereocenters. The van der Waals surface area contributed by atoms with Crippen LogP contribution in [0.5, 0.6) is 0 Å². The molecule has 3 rings (SSSR count). The quantitative estimate of drug-likeness (QED) is 0.892. The minimum Gasteiger partial charge on any atom is -0.478 e. The van der Waals surface area contributed by atoms with Crippen molar-refractivity contribution in [2.75, 3.05) is 13.1 Å². The molecule has 1 saturated heterocycles. The molecule has 2 aromatic rings. The van der Waals surface area contributed by atoms with Crippen LogP contribution in [0.15, 0.2) is 59.5 Å². The van der Waals surface area contributed by atoms with Gasteiger partial charge in [-0.2, -0.15) is 9.57 Å². The molecule has 134 valence electrons. The van der Waals surface area contributed by atoms with E-state index in [9.17, 15) is 18.5 Å². The van der Waals surface area contributed by atoms with Crippen LogP contribution >= 0.6 is 0 Å². The van der Waals surface area contributed by atoms with Crippen LogP contribution in [-0.4, -0.2) is 36.9 Å². The zero-order valence-corrected chi connectivity index (χ0v) is 14.8. The lowest BCUT2D eigenvalue weighted by molar-refractivity contribution is 0.0696. The molecule has 1 N–H and O–H groups in total. The first-order valence-corrected chi connectivity index (χ1v) is 9.63. The highest BCUT2D eigenvalue weighted by atomic mass is 32.2. The zero-order valence-electron chi connectivity index (χ0n) is 14.0. The number of nitrogens with zero attached hydrogens (tertiary/aromatic N) is 2. The average molecular weight is 370 g/mol. The van der Waals surface area contributed by atoms with Gasteiger partial charge in [0.2, 0.25) is 10.0 Å². The minimum atomic E-state index is -3.71. The molecule has 0 radical (unpaired) electrons. The molecule has 0 aromatic heterocycles. The van der Waals surface area contributed by atoms with Crippen molar-refractivity contribution in [1.29, 1.82) is 5.26 Å². The Morgan fingerprint density at radius 1 is 1.04 bits per heavy atom. The van der Waals surface area contributed by atoms with Crippen molar-refractivity contribution in [3.8, 4) is 6.07 Å². The van der Waals surface area contributed by atoms with Gasteiger partial charge in [-0.1, -0.05) is 30.3 Å². The van der Waals surface area contributed by atoms with Crippen LogP contribution in [0.1, 0.15) is 28.8 Å². The summed E-state index contributed by atoms with van der Waals surface area (Å²) in [6, 6.07) is 17.0. The lowest BCUT2D eigenvalue weighted by Crippen LogP contribution is -2.44. The Kier molecular flexibility index (Phi) is 4.81. The van der Waals surface area contributed by atoms with Gasteiger partial charge < -0.3 is 5.11 Å². The average Bonchev–Trinajstić information content (AvgIpc) is 2.68. The summed E-state index contributed by atoms with van der Waals surface area (Å²) in [6.45, 7) is 0.483. The number of rotatable bonds is 4. The van der Waals surface area contributed by atoms with Crippen molar-refractivity contribution < 1.29 is 18.3 Å². The predicted octanol–water partition coefficient (Wildman–Crippen LogP) is 2.63. The molecule has 0 spiro atoms. The third kappa shape index (κ3) is 3.21.